The van der Waals surface area contributed by atoms with Gasteiger partial charge in [-0.15, -0.1) is 0 Å². The van der Waals surface area contributed by atoms with E-state index >= 15 is 0 Å². The van der Waals surface area contributed by atoms with Crippen LogP contribution in [0.1, 0.15) is 33.6 Å². The van der Waals surface area contributed by atoms with Crippen LogP contribution in [-0.2, 0) is 4.79 Å². The lowest BCUT2D eigenvalue weighted by molar-refractivity contribution is -0.123. The molecule has 0 aliphatic rings. The van der Waals surface area contributed by atoms with Crippen molar-refractivity contribution in [2.45, 2.75) is 39.7 Å². The van der Waals surface area contributed by atoms with Crippen molar-refractivity contribution in [1.29, 1.82) is 0 Å². The molecule has 1 rings (SSSR count). The van der Waals surface area contributed by atoms with Crippen LogP contribution in [-0.4, -0.2) is 30.3 Å². The van der Waals surface area contributed by atoms with Crippen LogP contribution in [0, 0.1) is 5.41 Å². The topological polar surface area (TPSA) is 84.6 Å². The van der Waals surface area contributed by atoms with Crippen LogP contribution in [0.4, 0.5) is 5.69 Å². The van der Waals surface area contributed by atoms with E-state index in [-0.39, 0.29) is 30.4 Å². The molecule has 5 nitrogen and oxygen atoms in total. The van der Waals surface area contributed by atoms with Gasteiger partial charge in [0.15, 0.2) is 0 Å². The average molecular weight is 294 g/mol. The number of benzene rings is 1. The highest BCUT2D eigenvalue weighted by Gasteiger charge is 2.25. The van der Waals surface area contributed by atoms with Gasteiger partial charge in [-0.1, -0.05) is 20.8 Å². The Balaban J connectivity index is 2.37. The van der Waals surface area contributed by atoms with Crippen LogP contribution in [0.25, 0.3) is 0 Å². The van der Waals surface area contributed by atoms with Crippen molar-refractivity contribution in [3.63, 3.8) is 0 Å². The van der Waals surface area contributed by atoms with Crippen molar-refractivity contribution < 1.29 is 14.6 Å². The van der Waals surface area contributed by atoms with Crippen LogP contribution < -0.4 is 15.8 Å². The zero-order valence-electron chi connectivity index (χ0n) is 13.1. The largest absolute Gasteiger partial charge is 0.493 e. The molecular formula is C16H26N2O3. The molecule has 4 N–H and O–H groups in total. The summed E-state index contributed by atoms with van der Waals surface area (Å²) in [5, 5.41) is 12.0. The third kappa shape index (κ3) is 6.49. The number of carbonyl (C=O) groups is 1. The highest BCUT2D eigenvalue weighted by atomic mass is 16.5. The second kappa shape index (κ2) is 7.88. The smallest absolute Gasteiger partial charge is 0.223 e. The molecule has 21 heavy (non-hydrogen) atoms. The number of amides is 1. The van der Waals surface area contributed by atoms with E-state index in [1.54, 1.807) is 24.3 Å². The Kier molecular flexibility index (Phi) is 6.49. The lowest BCUT2D eigenvalue weighted by atomic mass is 9.85. The van der Waals surface area contributed by atoms with Gasteiger partial charge in [-0.3, -0.25) is 4.79 Å². The maximum atomic E-state index is 11.9. The van der Waals surface area contributed by atoms with Gasteiger partial charge in [0.05, 0.1) is 13.0 Å². The third-order valence-electron chi connectivity index (χ3n) is 3.28. The summed E-state index contributed by atoms with van der Waals surface area (Å²) in [4.78, 5) is 11.9. The van der Waals surface area contributed by atoms with E-state index in [4.69, 9.17) is 15.6 Å². The van der Waals surface area contributed by atoms with Gasteiger partial charge in [0, 0.05) is 18.3 Å². The van der Waals surface area contributed by atoms with Gasteiger partial charge in [-0.05, 0) is 36.1 Å². The molecule has 1 atom stereocenters. The number of aliphatic hydroxyl groups is 1. The second-order valence-corrected chi connectivity index (χ2v) is 6.17. The fraction of sp³-hybridized carbons (Fsp3) is 0.562. The molecule has 1 aromatic rings. The summed E-state index contributed by atoms with van der Waals surface area (Å²) in [5.74, 6) is 0.624. The quantitative estimate of drug-likeness (QED) is 0.671. The minimum Gasteiger partial charge on any atom is -0.493 e. The zero-order valence-corrected chi connectivity index (χ0v) is 13.1. The van der Waals surface area contributed by atoms with Gasteiger partial charge >= 0.3 is 0 Å². The van der Waals surface area contributed by atoms with E-state index in [9.17, 15) is 4.79 Å². The predicted octanol–water partition coefficient (Wildman–Crippen LogP) is 1.95. The van der Waals surface area contributed by atoms with Crippen LogP contribution >= 0.6 is 0 Å². The lowest BCUT2D eigenvalue weighted by Crippen LogP contribution is -2.44. The van der Waals surface area contributed by atoms with Crippen molar-refractivity contribution in [3.8, 4) is 5.75 Å². The highest BCUT2D eigenvalue weighted by molar-refractivity contribution is 5.76. The normalized spacial score (nSPS) is 12.8. The SMILES string of the molecule is CC(C)(C)C(CCO)NC(=O)CCOc1ccc(N)cc1. The van der Waals surface area contributed by atoms with E-state index in [2.05, 4.69) is 5.32 Å². The fourth-order valence-electron chi connectivity index (χ4n) is 1.94. The Morgan fingerprint density at radius 3 is 2.48 bits per heavy atom. The van der Waals surface area contributed by atoms with Gasteiger partial charge in [0.25, 0.3) is 0 Å². The Morgan fingerprint density at radius 1 is 1.33 bits per heavy atom. The molecule has 0 saturated heterocycles. The Morgan fingerprint density at radius 2 is 1.95 bits per heavy atom. The van der Waals surface area contributed by atoms with Crippen molar-refractivity contribution in [2.75, 3.05) is 18.9 Å². The molecule has 1 amide bonds. The first-order valence-corrected chi connectivity index (χ1v) is 7.21. The number of hydrogen-bond donors (Lipinski definition) is 3. The van der Waals surface area contributed by atoms with Crippen molar-refractivity contribution in [1.82, 2.24) is 5.32 Å². The molecule has 1 unspecified atom stereocenters. The highest BCUT2D eigenvalue weighted by Crippen LogP contribution is 2.21. The second-order valence-electron chi connectivity index (χ2n) is 6.17. The van der Waals surface area contributed by atoms with E-state index in [1.807, 2.05) is 20.8 Å². The monoisotopic (exact) mass is 294 g/mol. The first-order chi connectivity index (χ1) is 9.82. The Hall–Kier alpha value is -1.75. The maximum absolute atomic E-state index is 11.9. The summed E-state index contributed by atoms with van der Waals surface area (Å²) in [6, 6.07) is 7.01. The summed E-state index contributed by atoms with van der Waals surface area (Å²) >= 11 is 0. The number of nitrogens with two attached hydrogens (primary N) is 1. The lowest BCUT2D eigenvalue weighted by Gasteiger charge is -2.31. The molecule has 0 fully saturated rings. The number of anilines is 1. The third-order valence-corrected chi connectivity index (χ3v) is 3.28. The van der Waals surface area contributed by atoms with Crippen molar-refractivity contribution >= 4 is 11.6 Å². The molecular weight excluding hydrogens is 268 g/mol. The number of hydrogen-bond acceptors (Lipinski definition) is 4. The standard InChI is InChI=1S/C16H26N2O3/c1-16(2,3)14(8-10-19)18-15(20)9-11-21-13-6-4-12(17)5-7-13/h4-7,14,19H,8-11,17H2,1-3H3,(H,18,20). The van der Waals surface area contributed by atoms with Crippen molar-refractivity contribution in [2.24, 2.45) is 5.41 Å². The summed E-state index contributed by atoms with van der Waals surface area (Å²) < 4.78 is 5.49. The molecule has 0 radical (unpaired) electrons. The number of rotatable bonds is 7. The van der Waals surface area contributed by atoms with Gasteiger partial charge in [0.2, 0.25) is 5.91 Å². The van der Waals surface area contributed by atoms with Gasteiger partial charge in [-0.2, -0.15) is 0 Å². The van der Waals surface area contributed by atoms with E-state index in [0.717, 1.165) is 0 Å². The molecule has 0 bridgehead atoms. The van der Waals surface area contributed by atoms with Crippen LogP contribution in [0.5, 0.6) is 5.75 Å². The minimum atomic E-state index is -0.0871. The van der Waals surface area contributed by atoms with Gasteiger partial charge in [-0.25, -0.2) is 0 Å². The number of ether oxygens (including phenoxy) is 1. The van der Waals surface area contributed by atoms with Crippen LogP contribution in [0.15, 0.2) is 24.3 Å². The molecule has 5 heteroatoms. The van der Waals surface area contributed by atoms with Gasteiger partial charge < -0.3 is 20.9 Å². The Bertz CT molecular complexity index is 438. The number of nitrogen functional groups attached to an aromatic ring is 1. The first-order valence-electron chi connectivity index (χ1n) is 7.21. The minimum absolute atomic E-state index is 0.0495. The summed E-state index contributed by atoms with van der Waals surface area (Å²) in [6.45, 7) is 6.49. The first kappa shape index (κ1) is 17.3. The molecule has 0 heterocycles. The zero-order chi connectivity index (χ0) is 15.9. The van der Waals surface area contributed by atoms with E-state index < -0.39 is 0 Å². The molecule has 118 valence electrons. The molecule has 0 saturated carbocycles. The van der Waals surface area contributed by atoms with Crippen LogP contribution in [0.3, 0.4) is 0 Å². The summed E-state index contributed by atoms with van der Waals surface area (Å²) in [5.41, 5.74) is 6.18. The van der Waals surface area contributed by atoms with E-state index in [0.29, 0.717) is 24.5 Å². The maximum Gasteiger partial charge on any atom is 0.223 e. The van der Waals surface area contributed by atoms with Gasteiger partial charge in [0.1, 0.15) is 5.75 Å². The number of nitrogens with one attached hydrogen (secondary N) is 1. The molecule has 0 aliphatic heterocycles. The average Bonchev–Trinajstić information content (AvgIpc) is 2.39. The molecule has 0 aliphatic carbocycles. The number of aliphatic hydroxyl groups excluding tert-OH is 1. The predicted molar refractivity (Wildman–Crippen MR) is 84.1 cm³/mol. The Labute approximate surface area is 126 Å². The van der Waals surface area contributed by atoms with Crippen molar-refractivity contribution in [3.05, 3.63) is 24.3 Å². The number of carbonyl (C=O) groups excluding carboxylic acids is 1. The summed E-state index contributed by atoms with van der Waals surface area (Å²) in [7, 11) is 0. The van der Waals surface area contributed by atoms with Crippen LogP contribution in [0.2, 0.25) is 0 Å². The molecule has 0 aromatic heterocycles. The van der Waals surface area contributed by atoms with E-state index in [1.165, 1.54) is 0 Å². The fourth-order valence-corrected chi connectivity index (χ4v) is 1.94. The molecule has 0 spiro atoms. The molecule has 1 aromatic carbocycles. The summed E-state index contributed by atoms with van der Waals surface area (Å²) in [6.07, 6.45) is 0.830.